The number of nitrogens with two attached hydrogens (primary N) is 1. The van der Waals surface area contributed by atoms with Gasteiger partial charge in [-0.1, -0.05) is 23.2 Å². The minimum atomic E-state index is -0.614. The highest BCUT2D eigenvalue weighted by Crippen LogP contribution is 2.32. The molecule has 0 aliphatic carbocycles. The van der Waals surface area contributed by atoms with Crippen molar-refractivity contribution in [1.82, 2.24) is 0 Å². The fraction of sp³-hybridized carbons (Fsp3) is 0.143. The molecule has 0 radical (unpaired) electrons. The number of benzene rings is 2. The van der Waals surface area contributed by atoms with E-state index in [9.17, 15) is 8.78 Å². The zero-order valence-corrected chi connectivity index (χ0v) is 11.8. The second kappa shape index (κ2) is 6.39. The Morgan fingerprint density at radius 1 is 1.00 bits per heavy atom. The van der Waals surface area contributed by atoms with E-state index in [1.54, 1.807) is 0 Å². The SMILES string of the molecule is NCCc1cc(F)c(Cl)cc1Oc1ccc(Cl)cc1F. The Balaban J connectivity index is 2.39. The quantitative estimate of drug-likeness (QED) is 0.896. The number of ether oxygens (including phenoxy) is 1. The molecule has 6 heteroatoms. The van der Waals surface area contributed by atoms with Gasteiger partial charge in [-0.15, -0.1) is 0 Å². The van der Waals surface area contributed by atoms with Gasteiger partial charge in [0.25, 0.3) is 0 Å². The Labute approximate surface area is 125 Å². The minimum Gasteiger partial charge on any atom is -0.454 e. The summed E-state index contributed by atoms with van der Waals surface area (Å²) in [7, 11) is 0. The smallest absolute Gasteiger partial charge is 0.167 e. The van der Waals surface area contributed by atoms with Gasteiger partial charge in [0.05, 0.1) is 5.02 Å². The lowest BCUT2D eigenvalue weighted by Crippen LogP contribution is -2.05. The van der Waals surface area contributed by atoms with Gasteiger partial charge in [0, 0.05) is 11.1 Å². The van der Waals surface area contributed by atoms with Crippen LogP contribution in [0.2, 0.25) is 10.0 Å². The summed E-state index contributed by atoms with van der Waals surface area (Å²) >= 11 is 11.4. The average Bonchev–Trinajstić information content (AvgIpc) is 2.39. The molecule has 0 aromatic heterocycles. The van der Waals surface area contributed by atoms with Gasteiger partial charge in [-0.3, -0.25) is 0 Å². The first-order chi connectivity index (χ1) is 9.51. The van der Waals surface area contributed by atoms with Crippen LogP contribution in [0.25, 0.3) is 0 Å². The van der Waals surface area contributed by atoms with E-state index in [0.29, 0.717) is 18.5 Å². The predicted molar refractivity (Wildman–Crippen MR) is 75.7 cm³/mol. The van der Waals surface area contributed by atoms with Crippen LogP contribution in [0.15, 0.2) is 30.3 Å². The van der Waals surface area contributed by atoms with Crippen molar-refractivity contribution in [2.24, 2.45) is 5.73 Å². The third kappa shape index (κ3) is 3.39. The molecule has 0 saturated heterocycles. The number of rotatable bonds is 4. The molecule has 2 nitrogen and oxygen atoms in total. The fourth-order valence-electron chi connectivity index (χ4n) is 1.69. The summed E-state index contributed by atoms with van der Waals surface area (Å²) in [5.41, 5.74) is 5.98. The molecule has 0 aliphatic rings. The highest BCUT2D eigenvalue weighted by molar-refractivity contribution is 6.31. The van der Waals surface area contributed by atoms with E-state index in [1.807, 2.05) is 0 Å². The Morgan fingerprint density at radius 3 is 2.40 bits per heavy atom. The van der Waals surface area contributed by atoms with Crippen LogP contribution < -0.4 is 10.5 Å². The summed E-state index contributed by atoms with van der Waals surface area (Å²) in [5.74, 6) is -0.936. The van der Waals surface area contributed by atoms with Crippen molar-refractivity contribution in [2.45, 2.75) is 6.42 Å². The first kappa shape index (κ1) is 15.0. The molecule has 0 saturated carbocycles. The van der Waals surface area contributed by atoms with Gasteiger partial charge in [-0.05, 0) is 42.8 Å². The van der Waals surface area contributed by atoms with E-state index in [2.05, 4.69) is 0 Å². The van der Waals surface area contributed by atoms with Gasteiger partial charge in [0.15, 0.2) is 11.6 Å². The van der Waals surface area contributed by atoms with Gasteiger partial charge in [0.2, 0.25) is 0 Å². The highest BCUT2D eigenvalue weighted by Gasteiger charge is 2.12. The number of hydrogen-bond donors (Lipinski definition) is 1. The third-order valence-corrected chi connectivity index (χ3v) is 3.16. The summed E-state index contributed by atoms with van der Waals surface area (Å²) in [4.78, 5) is 0. The molecule has 106 valence electrons. The molecule has 0 unspecified atom stereocenters. The van der Waals surface area contributed by atoms with Gasteiger partial charge in [0.1, 0.15) is 11.6 Å². The average molecular weight is 318 g/mol. The first-order valence-corrected chi connectivity index (χ1v) is 6.57. The Hall–Kier alpha value is -1.36. The zero-order chi connectivity index (χ0) is 14.7. The highest BCUT2D eigenvalue weighted by atomic mass is 35.5. The summed E-state index contributed by atoms with van der Waals surface area (Å²) < 4.78 is 32.6. The lowest BCUT2D eigenvalue weighted by Gasteiger charge is -2.12. The number of hydrogen-bond acceptors (Lipinski definition) is 2. The van der Waals surface area contributed by atoms with Gasteiger partial charge < -0.3 is 10.5 Å². The fourth-order valence-corrected chi connectivity index (χ4v) is 2.00. The van der Waals surface area contributed by atoms with Crippen LogP contribution >= 0.6 is 23.2 Å². The maximum Gasteiger partial charge on any atom is 0.167 e. The lowest BCUT2D eigenvalue weighted by atomic mass is 10.1. The Bertz CT molecular complexity index is 635. The van der Waals surface area contributed by atoms with E-state index in [1.165, 1.54) is 24.3 Å². The van der Waals surface area contributed by atoms with Crippen molar-refractivity contribution in [2.75, 3.05) is 6.54 Å². The molecule has 2 rings (SSSR count). The lowest BCUT2D eigenvalue weighted by molar-refractivity contribution is 0.436. The van der Waals surface area contributed by atoms with Crippen molar-refractivity contribution >= 4 is 23.2 Å². The molecule has 20 heavy (non-hydrogen) atoms. The molecule has 0 amide bonds. The van der Waals surface area contributed by atoms with Crippen LogP contribution in [0, 0.1) is 11.6 Å². The third-order valence-electron chi connectivity index (χ3n) is 2.63. The number of halogens is 4. The first-order valence-electron chi connectivity index (χ1n) is 5.82. The standard InChI is InChI=1S/C14H11Cl2F2NO/c15-9-1-2-13(12(18)6-9)20-14-7-10(16)11(17)5-8(14)3-4-19/h1-2,5-7H,3-4,19H2. The van der Waals surface area contributed by atoms with Crippen LogP contribution in [0.5, 0.6) is 11.5 Å². The molecule has 0 atom stereocenters. The maximum atomic E-state index is 13.7. The van der Waals surface area contributed by atoms with Crippen LogP contribution in [0.1, 0.15) is 5.56 Å². The molecule has 2 aromatic rings. The van der Waals surface area contributed by atoms with Gasteiger partial charge >= 0.3 is 0 Å². The van der Waals surface area contributed by atoms with Crippen molar-refractivity contribution in [3.8, 4) is 11.5 Å². The van der Waals surface area contributed by atoms with Crippen LogP contribution in [0.3, 0.4) is 0 Å². The molecule has 0 spiro atoms. The monoisotopic (exact) mass is 317 g/mol. The van der Waals surface area contributed by atoms with E-state index in [0.717, 1.165) is 6.07 Å². The van der Waals surface area contributed by atoms with Crippen molar-refractivity contribution < 1.29 is 13.5 Å². The Morgan fingerprint density at radius 2 is 1.75 bits per heavy atom. The second-order valence-electron chi connectivity index (χ2n) is 4.09. The van der Waals surface area contributed by atoms with Crippen LogP contribution in [-0.4, -0.2) is 6.54 Å². The van der Waals surface area contributed by atoms with Crippen molar-refractivity contribution in [3.63, 3.8) is 0 Å². The van der Waals surface area contributed by atoms with E-state index < -0.39 is 11.6 Å². The summed E-state index contributed by atoms with van der Waals surface area (Å²) in [6.07, 6.45) is 0.388. The molecule has 2 aromatic carbocycles. The molecule has 0 fully saturated rings. The minimum absolute atomic E-state index is 0.0182. The molecule has 0 heterocycles. The molecular weight excluding hydrogens is 307 g/mol. The topological polar surface area (TPSA) is 35.2 Å². The summed E-state index contributed by atoms with van der Waals surface area (Å²) in [5, 5.41) is 0.157. The van der Waals surface area contributed by atoms with Gasteiger partial charge in [-0.2, -0.15) is 0 Å². The molecule has 2 N–H and O–H groups in total. The zero-order valence-electron chi connectivity index (χ0n) is 10.3. The summed E-state index contributed by atoms with van der Waals surface area (Å²) in [6.45, 7) is 0.306. The van der Waals surface area contributed by atoms with Crippen molar-refractivity contribution in [3.05, 3.63) is 57.6 Å². The van der Waals surface area contributed by atoms with E-state index in [4.69, 9.17) is 33.7 Å². The molecule has 0 aliphatic heterocycles. The predicted octanol–water partition coefficient (Wildman–Crippen LogP) is 4.57. The maximum absolute atomic E-state index is 13.7. The molecular formula is C14H11Cl2F2NO. The largest absolute Gasteiger partial charge is 0.454 e. The second-order valence-corrected chi connectivity index (χ2v) is 4.93. The van der Waals surface area contributed by atoms with E-state index >= 15 is 0 Å². The van der Waals surface area contributed by atoms with E-state index in [-0.39, 0.29) is 21.5 Å². The van der Waals surface area contributed by atoms with Gasteiger partial charge in [-0.25, -0.2) is 8.78 Å². The molecule has 0 bridgehead atoms. The van der Waals surface area contributed by atoms with Crippen LogP contribution in [-0.2, 0) is 6.42 Å². The van der Waals surface area contributed by atoms with Crippen LogP contribution in [0.4, 0.5) is 8.78 Å². The normalized spacial score (nSPS) is 10.7. The Kier molecular flexibility index (Phi) is 4.81. The van der Waals surface area contributed by atoms with Crippen molar-refractivity contribution in [1.29, 1.82) is 0 Å². The summed E-state index contributed by atoms with van der Waals surface area (Å²) in [6, 6.07) is 6.55.